The van der Waals surface area contributed by atoms with Crippen molar-refractivity contribution >= 4 is 23.2 Å². The number of hydrogen-bond acceptors (Lipinski definition) is 3. The van der Waals surface area contributed by atoms with Crippen LogP contribution in [-0.2, 0) is 16.1 Å². The summed E-state index contributed by atoms with van der Waals surface area (Å²) in [5.74, 6) is 0.103. The van der Waals surface area contributed by atoms with Gasteiger partial charge in [0.05, 0.1) is 12.3 Å². The maximum atomic E-state index is 11.5. The van der Waals surface area contributed by atoms with E-state index in [1.54, 1.807) is 19.4 Å². The molecule has 5 nitrogen and oxygen atoms in total. The predicted molar refractivity (Wildman–Crippen MR) is 66.5 cm³/mol. The summed E-state index contributed by atoms with van der Waals surface area (Å²) in [5.41, 5.74) is 0.452. The van der Waals surface area contributed by atoms with Crippen molar-refractivity contribution in [3.63, 3.8) is 0 Å². The highest BCUT2D eigenvalue weighted by Gasteiger charge is 2.03. The van der Waals surface area contributed by atoms with Gasteiger partial charge in [0.1, 0.15) is 0 Å². The summed E-state index contributed by atoms with van der Waals surface area (Å²) in [6, 6.07) is 2.98. The highest BCUT2D eigenvalue weighted by Crippen LogP contribution is 2.04. The topological polar surface area (TPSA) is 60.3 Å². The Morgan fingerprint density at radius 1 is 1.53 bits per heavy atom. The van der Waals surface area contributed by atoms with Gasteiger partial charge in [-0.3, -0.25) is 9.59 Å². The van der Waals surface area contributed by atoms with Gasteiger partial charge in [-0.2, -0.15) is 0 Å². The van der Waals surface area contributed by atoms with Gasteiger partial charge in [-0.15, -0.1) is 11.6 Å². The molecule has 6 heteroatoms. The average molecular weight is 259 g/mol. The number of amides is 1. The Hall–Kier alpha value is -1.33. The van der Waals surface area contributed by atoms with Gasteiger partial charge < -0.3 is 14.6 Å². The molecule has 1 aromatic heterocycles. The minimum Gasteiger partial charge on any atom is -0.383 e. The van der Waals surface area contributed by atoms with E-state index in [0.29, 0.717) is 18.8 Å². The SMILES string of the molecule is COCCn1cc(NC(=O)CCCl)ccc1=O. The Morgan fingerprint density at radius 2 is 2.29 bits per heavy atom. The Balaban J connectivity index is 2.74. The summed E-state index contributed by atoms with van der Waals surface area (Å²) in [4.78, 5) is 22.8. The van der Waals surface area contributed by atoms with Crippen LogP contribution in [0.4, 0.5) is 5.69 Å². The number of carbonyl (C=O) groups is 1. The molecule has 0 atom stereocenters. The lowest BCUT2D eigenvalue weighted by Crippen LogP contribution is -2.22. The zero-order valence-electron chi connectivity index (χ0n) is 9.61. The highest BCUT2D eigenvalue weighted by molar-refractivity contribution is 6.19. The fourth-order valence-electron chi connectivity index (χ4n) is 1.28. The molecule has 0 aliphatic rings. The summed E-state index contributed by atoms with van der Waals surface area (Å²) in [5, 5.41) is 2.66. The second-order valence-electron chi connectivity index (χ2n) is 3.43. The van der Waals surface area contributed by atoms with Crippen LogP contribution in [0.5, 0.6) is 0 Å². The highest BCUT2D eigenvalue weighted by atomic mass is 35.5. The summed E-state index contributed by atoms with van der Waals surface area (Å²) in [7, 11) is 1.57. The third kappa shape index (κ3) is 4.58. The van der Waals surface area contributed by atoms with Gasteiger partial charge in [-0.05, 0) is 6.07 Å². The van der Waals surface area contributed by atoms with E-state index in [4.69, 9.17) is 16.3 Å². The fourth-order valence-corrected chi connectivity index (χ4v) is 1.45. The minimum atomic E-state index is -0.169. The number of nitrogens with zero attached hydrogens (tertiary/aromatic N) is 1. The molecule has 0 unspecified atom stereocenters. The molecule has 0 aromatic carbocycles. The standard InChI is InChI=1S/C11H15ClN2O3/c1-17-7-6-14-8-9(2-3-11(14)16)13-10(15)4-5-12/h2-3,8H,4-7H2,1H3,(H,13,15). The minimum absolute atomic E-state index is 0.127. The molecule has 1 N–H and O–H groups in total. The molecule has 0 aliphatic heterocycles. The lowest BCUT2D eigenvalue weighted by atomic mass is 10.3. The number of pyridine rings is 1. The maximum Gasteiger partial charge on any atom is 0.250 e. The number of methoxy groups -OCH3 is 1. The van der Waals surface area contributed by atoms with Crippen LogP contribution >= 0.6 is 11.6 Å². The zero-order valence-corrected chi connectivity index (χ0v) is 10.4. The normalized spacial score (nSPS) is 10.2. The molecule has 17 heavy (non-hydrogen) atoms. The molecule has 0 saturated heterocycles. The fraction of sp³-hybridized carbons (Fsp3) is 0.455. The van der Waals surface area contributed by atoms with Gasteiger partial charge in [-0.1, -0.05) is 0 Å². The molecule has 0 fully saturated rings. The number of halogens is 1. The zero-order chi connectivity index (χ0) is 12.7. The Kier molecular flexibility index (Phi) is 5.72. The van der Waals surface area contributed by atoms with Gasteiger partial charge >= 0.3 is 0 Å². The molecule has 0 radical (unpaired) electrons. The van der Waals surface area contributed by atoms with E-state index in [-0.39, 0.29) is 23.8 Å². The van der Waals surface area contributed by atoms with Crippen molar-refractivity contribution in [3.8, 4) is 0 Å². The van der Waals surface area contributed by atoms with Crippen molar-refractivity contribution in [2.45, 2.75) is 13.0 Å². The lowest BCUT2D eigenvalue weighted by Gasteiger charge is -2.08. The van der Waals surface area contributed by atoms with Crippen LogP contribution in [0.2, 0.25) is 0 Å². The predicted octanol–water partition coefficient (Wildman–Crippen LogP) is 1.06. The summed E-state index contributed by atoms with van der Waals surface area (Å²) in [6.07, 6.45) is 1.84. The van der Waals surface area contributed by atoms with E-state index < -0.39 is 0 Å². The monoisotopic (exact) mass is 258 g/mol. The number of hydrogen-bond donors (Lipinski definition) is 1. The van der Waals surface area contributed by atoms with Crippen LogP contribution in [0.15, 0.2) is 23.1 Å². The molecule has 0 bridgehead atoms. The summed E-state index contributed by atoms with van der Waals surface area (Å²) < 4.78 is 6.38. The number of carbonyl (C=O) groups excluding carboxylic acids is 1. The second-order valence-corrected chi connectivity index (χ2v) is 3.81. The average Bonchev–Trinajstić information content (AvgIpc) is 2.30. The maximum absolute atomic E-state index is 11.5. The Labute approximate surface area is 104 Å². The molecule has 0 aliphatic carbocycles. The lowest BCUT2D eigenvalue weighted by molar-refractivity contribution is -0.115. The molecular formula is C11H15ClN2O3. The van der Waals surface area contributed by atoms with Crippen LogP contribution in [0.25, 0.3) is 0 Å². The molecule has 0 saturated carbocycles. The smallest absolute Gasteiger partial charge is 0.250 e. The van der Waals surface area contributed by atoms with Crippen LogP contribution in [0, 0.1) is 0 Å². The van der Waals surface area contributed by atoms with Crippen LogP contribution < -0.4 is 10.9 Å². The largest absolute Gasteiger partial charge is 0.383 e. The van der Waals surface area contributed by atoms with Crippen molar-refractivity contribution in [2.24, 2.45) is 0 Å². The van der Waals surface area contributed by atoms with E-state index in [1.165, 1.54) is 10.6 Å². The number of nitrogens with one attached hydrogen (secondary N) is 1. The third-order valence-electron chi connectivity index (χ3n) is 2.13. The van der Waals surface area contributed by atoms with Gasteiger partial charge in [0.25, 0.3) is 5.56 Å². The first-order valence-corrected chi connectivity index (χ1v) is 5.76. The number of aromatic nitrogens is 1. The molecule has 94 valence electrons. The Bertz CT molecular complexity index is 431. The molecule has 0 spiro atoms. The molecular weight excluding hydrogens is 244 g/mol. The number of anilines is 1. The molecule has 1 amide bonds. The van der Waals surface area contributed by atoms with Crippen LogP contribution in [-0.4, -0.2) is 30.1 Å². The van der Waals surface area contributed by atoms with E-state index >= 15 is 0 Å². The van der Waals surface area contributed by atoms with E-state index in [1.807, 2.05) is 0 Å². The first-order chi connectivity index (χ1) is 8.17. The molecule has 1 rings (SSSR count). The van der Waals surface area contributed by atoms with Gasteiger partial charge in [0.15, 0.2) is 0 Å². The molecule has 1 heterocycles. The number of alkyl halides is 1. The second kappa shape index (κ2) is 7.09. The quantitative estimate of drug-likeness (QED) is 0.777. The van der Waals surface area contributed by atoms with E-state index in [0.717, 1.165) is 0 Å². The first kappa shape index (κ1) is 13.7. The van der Waals surface area contributed by atoms with Gasteiger partial charge in [0.2, 0.25) is 5.91 Å². The number of rotatable bonds is 6. The van der Waals surface area contributed by atoms with Crippen molar-refractivity contribution in [1.82, 2.24) is 4.57 Å². The van der Waals surface area contributed by atoms with Crippen molar-refractivity contribution in [1.29, 1.82) is 0 Å². The summed E-state index contributed by atoms with van der Waals surface area (Å²) in [6.45, 7) is 0.896. The van der Waals surface area contributed by atoms with Crippen molar-refractivity contribution in [3.05, 3.63) is 28.7 Å². The van der Waals surface area contributed by atoms with Crippen LogP contribution in [0.1, 0.15) is 6.42 Å². The Morgan fingerprint density at radius 3 is 2.94 bits per heavy atom. The van der Waals surface area contributed by atoms with Crippen molar-refractivity contribution in [2.75, 3.05) is 24.9 Å². The van der Waals surface area contributed by atoms with Crippen LogP contribution in [0.3, 0.4) is 0 Å². The first-order valence-electron chi connectivity index (χ1n) is 5.22. The third-order valence-corrected chi connectivity index (χ3v) is 2.31. The van der Waals surface area contributed by atoms with E-state index in [9.17, 15) is 9.59 Å². The summed E-state index contributed by atoms with van der Waals surface area (Å²) >= 11 is 5.46. The van der Waals surface area contributed by atoms with Gasteiger partial charge in [-0.25, -0.2) is 0 Å². The van der Waals surface area contributed by atoms with Crippen molar-refractivity contribution < 1.29 is 9.53 Å². The van der Waals surface area contributed by atoms with Gasteiger partial charge in [0, 0.05) is 38.2 Å². The number of ether oxygens (including phenoxy) is 1. The van der Waals surface area contributed by atoms with E-state index in [2.05, 4.69) is 5.32 Å². The molecule has 1 aromatic rings.